The van der Waals surface area contributed by atoms with Crippen molar-refractivity contribution in [1.82, 2.24) is 0 Å². The van der Waals surface area contributed by atoms with Crippen molar-refractivity contribution in [2.45, 2.75) is 13.0 Å². The van der Waals surface area contributed by atoms with Gasteiger partial charge in [-0.05, 0) is 24.1 Å². The first-order valence-electron chi connectivity index (χ1n) is 6.52. The zero-order valence-electron chi connectivity index (χ0n) is 11.5. The summed E-state index contributed by atoms with van der Waals surface area (Å²) in [5.41, 5.74) is 7.60. The molecule has 0 heterocycles. The highest BCUT2D eigenvalue weighted by atomic mass is 16.5. The number of hydrogen-bond acceptors (Lipinski definition) is 4. The monoisotopic (exact) mass is 273 g/mol. The minimum Gasteiger partial charge on any atom is -0.497 e. The summed E-state index contributed by atoms with van der Waals surface area (Å²) in [5.74, 6) is 2.12. The molecule has 0 atom stereocenters. The van der Waals surface area contributed by atoms with Gasteiger partial charge in [0.1, 0.15) is 17.2 Å². The minimum atomic E-state index is 0.0855. The Morgan fingerprint density at radius 3 is 2.55 bits per heavy atom. The van der Waals surface area contributed by atoms with E-state index in [0.29, 0.717) is 18.7 Å². The lowest BCUT2D eigenvalue weighted by atomic mass is 10.1. The van der Waals surface area contributed by atoms with Crippen molar-refractivity contribution in [1.29, 1.82) is 0 Å². The zero-order chi connectivity index (χ0) is 14.4. The summed E-state index contributed by atoms with van der Waals surface area (Å²) in [6, 6.07) is 13.2. The molecule has 0 saturated heterocycles. The summed E-state index contributed by atoms with van der Waals surface area (Å²) >= 11 is 0. The van der Waals surface area contributed by atoms with Crippen LogP contribution in [0.2, 0.25) is 0 Å². The van der Waals surface area contributed by atoms with Crippen LogP contribution in [0.15, 0.2) is 42.5 Å². The Bertz CT molecular complexity index is 569. The molecule has 4 nitrogen and oxygen atoms in total. The van der Waals surface area contributed by atoms with E-state index in [-0.39, 0.29) is 6.61 Å². The van der Waals surface area contributed by atoms with Crippen molar-refractivity contribution in [3.8, 4) is 17.2 Å². The lowest BCUT2D eigenvalue weighted by molar-refractivity contribution is 0.297. The summed E-state index contributed by atoms with van der Waals surface area (Å²) in [6.45, 7) is 0.476. The van der Waals surface area contributed by atoms with Crippen molar-refractivity contribution < 1.29 is 14.6 Å². The summed E-state index contributed by atoms with van der Waals surface area (Å²) in [7, 11) is 1.61. The Morgan fingerprint density at radius 1 is 1.05 bits per heavy atom. The molecule has 0 unspecified atom stereocenters. The lowest BCUT2D eigenvalue weighted by Gasteiger charge is -2.14. The molecule has 3 N–H and O–H groups in total. The molecule has 0 amide bonds. The third-order valence-corrected chi connectivity index (χ3v) is 3.07. The first kappa shape index (κ1) is 14.4. The van der Waals surface area contributed by atoms with Gasteiger partial charge in [0.15, 0.2) is 0 Å². The normalized spacial score (nSPS) is 10.3. The molecule has 0 spiro atoms. The van der Waals surface area contributed by atoms with E-state index >= 15 is 0 Å². The Morgan fingerprint density at radius 2 is 1.85 bits per heavy atom. The third-order valence-electron chi connectivity index (χ3n) is 3.07. The molecular weight excluding hydrogens is 254 g/mol. The number of aliphatic hydroxyl groups excluding tert-OH is 1. The van der Waals surface area contributed by atoms with Crippen LogP contribution in [0.5, 0.6) is 17.2 Å². The number of para-hydroxylation sites is 1. The second-order valence-corrected chi connectivity index (χ2v) is 4.36. The number of nitrogens with two attached hydrogens (primary N) is 1. The second-order valence-electron chi connectivity index (χ2n) is 4.36. The van der Waals surface area contributed by atoms with Crippen LogP contribution in [0, 0.1) is 0 Å². The van der Waals surface area contributed by atoms with Gasteiger partial charge < -0.3 is 20.3 Å². The van der Waals surface area contributed by atoms with Gasteiger partial charge >= 0.3 is 0 Å². The van der Waals surface area contributed by atoms with Gasteiger partial charge in [0.2, 0.25) is 0 Å². The Balaban J connectivity index is 2.33. The molecule has 0 fully saturated rings. The Hall–Kier alpha value is -2.04. The fourth-order valence-corrected chi connectivity index (χ4v) is 1.97. The van der Waals surface area contributed by atoms with E-state index < -0.39 is 0 Å². The van der Waals surface area contributed by atoms with Gasteiger partial charge in [0.25, 0.3) is 0 Å². The van der Waals surface area contributed by atoms with Crippen LogP contribution in [0.1, 0.15) is 11.1 Å². The first-order chi connectivity index (χ1) is 9.78. The number of hydrogen-bond donors (Lipinski definition) is 2. The quantitative estimate of drug-likeness (QED) is 0.848. The van der Waals surface area contributed by atoms with Crippen molar-refractivity contribution in [3.05, 3.63) is 53.6 Å². The third kappa shape index (κ3) is 3.29. The van der Waals surface area contributed by atoms with Crippen molar-refractivity contribution in [2.24, 2.45) is 5.73 Å². The van der Waals surface area contributed by atoms with Gasteiger partial charge in [-0.15, -0.1) is 0 Å². The van der Waals surface area contributed by atoms with Crippen molar-refractivity contribution >= 4 is 0 Å². The van der Waals surface area contributed by atoms with Crippen molar-refractivity contribution in [2.75, 3.05) is 13.7 Å². The van der Waals surface area contributed by atoms with E-state index in [1.54, 1.807) is 7.11 Å². The molecule has 4 heteroatoms. The van der Waals surface area contributed by atoms with Crippen LogP contribution < -0.4 is 15.2 Å². The van der Waals surface area contributed by atoms with Crippen LogP contribution in [0.4, 0.5) is 0 Å². The maximum absolute atomic E-state index is 9.10. The molecule has 2 aromatic rings. The number of benzene rings is 2. The standard InChI is InChI=1S/C16H19NO3/c1-19-14-7-6-13(11-17)16(10-14)20-15-5-3-2-4-12(15)8-9-18/h2-7,10,18H,8-9,11,17H2,1H3. The molecule has 106 valence electrons. The van der Waals surface area contributed by atoms with E-state index in [1.165, 1.54) is 0 Å². The maximum atomic E-state index is 9.10. The molecule has 2 aromatic carbocycles. The molecule has 0 saturated carbocycles. The SMILES string of the molecule is COc1ccc(CN)c(Oc2ccccc2CCO)c1. The highest BCUT2D eigenvalue weighted by Crippen LogP contribution is 2.31. The van der Waals surface area contributed by atoms with Crippen LogP contribution in [0.3, 0.4) is 0 Å². The summed E-state index contributed by atoms with van der Waals surface area (Å²) < 4.78 is 11.2. The van der Waals surface area contributed by atoms with Gasteiger partial charge in [-0.2, -0.15) is 0 Å². The Labute approximate surface area is 118 Å². The van der Waals surface area contributed by atoms with Gasteiger partial charge in [-0.3, -0.25) is 0 Å². The molecule has 20 heavy (non-hydrogen) atoms. The fraction of sp³-hybridized carbons (Fsp3) is 0.250. The highest BCUT2D eigenvalue weighted by Gasteiger charge is 2.09. The van der Waals surface area contributed by atoms with Gasteiger partial charge in [-0.25, -0.2) is 0 Å². The van der Waals surface area contributed by atoms with Gasteiger partial charge in [-0.1, -0.05) is 24.3 Å². The minimum absolute atomic E-state index is 0.0855. The van der Waals surface area contributed by atoms with Crippen molar-refractivity contribution in [3.63, 3.8) is 0 Å². The van der Waals surface area contributed by atoms with Crippen LogP contribution >= 0.6 is 0 Å². The van der Waals surface area contributed by atoms with Crippen LogP contribution in [0.25, 0.3) is 0 Å². The van der Waals surface area contributed by atoms with E-state index in [0.717, 1.165) is 22.6 Å². The van der Waals surface area contributed by atoms with E-state index in [2.05, 4.69) is 0 Å². The van der Waals surface area contributed by atoms with Gasteiger partial charge in [0.05, 0.1) is 7.11 Å². The predicted molar refractivity (Wildman–Crippen MR) is 78.2 cm³/mol. The lowest BCUT2D eigenvalue weighted by Crippen LogP contribution is -2.01. The molecule has 0 radical (unpaired) electrons. The number of methoxy groups -OCH3 is 1. The van der Waals surface area contributed by atoms with E-state index in [4.69, 9.17) is 20.3 Å². The average Bonchev–Trinajstić information content (AvgIpc) is 2.49. The number of ether oxygens (including phenoxy) is 2. The van der Waals surface area contributed by atoms with E-state index in [9.17, 15) is 0 Å². The highest BCUT2D eigenvalue weighted by molar-refractivity contribution is 5.45. The topological polar surface area (TPSA) is 64.7 Å². The molecular formula is C16H19NO3. The zero-order valence-corrected chi connectivity index (χ0v) is 11.5. The number of aliphatic hydroxyl groups is 1. The summed E-state index contributed by atoms with van der Waals surface area (Å²) in [4.78, 5) is 0. The summed E-state index contributed by atoms with van der Waals surface area (Å²) in [5, 5.41) is 9.10. The molecule has 0 aliphatic carbocycles. The molecule has 0 aromatic heterocycles. The molecule has 0 aliphatic heterocycles. The van der Waals surface area contributed by atoms with Gasteiger partial charge in [0, 0.05) is 24.8 Å². The maximum Gasteiger partial charge on any atom is 0.135 e. The molecule has 0 aliphatic rings. The number of rotatable bonds is 6. The molecule has 0 bridgehead atoms. The predicted octanol–water partition coefficient (Wildman–Crippen LogP) is 2.48. The van der Waals surface area contributed by atoms with Crippen LogP contribution in [-0.2, 0) is 13.0 Å². The smallest absolute Gasteiger partial charge is 0.135 e. The summed E-state index contributed by atoms with van der Waals surface area (Å²) in [6.07, 6.45) is 0.554. The molecule has 2 rings (SSSR count). The first-order valence-corrected chi connectivity index (χ1v) is 6.52. The van der Waals surface area contributed by atoms with Crippen LogP contribution in [-0.4, -0.2) is 18.8 Å². The van der Waals surface area contributed by atoms with E-state index in [1.807, 2.05) is 42.5 Å². The Kier molecular flexibility index (Phi) is 4.98. The fourth-order valence-electron chi connectivity index (χ4n) is 1.97. The largest absolute Gasteiger partial charge is 0.497 e. The second kappa shape index (κ2) is 6.93. The average molecular weight is 273 g/mol.